The fourth-order valence-electron chi connectivity index (χ4n) is 1.67. The van der Waals surface area contributed by atoms with Crippen LogP contribution in [0.2, 0.25) is 0 Å². The molecular weight excluding hydrogens is 154 g/mol. The van der Waals surface area contributed by atoms with Gasteiger partial charge >= 0.3 is 5.97 Å². The van der Waals surface area contributed by atoms with Crippen LogP contribution in [0.1, 0.15) is 0 Å². The normalized spacial score (nSPS) is 38.3. The summed E-state index contributed by atoms with van der Waals surface area (Å²) in [4.78, 5) is 10.7. The van der Waals surface area contributed by atoms with E-state index in [1.807, 2.05) is 0 Å². The molecule has 2 N–H and O–H groups in total. The summed E-state index contributed by atoms with van der Waals surface area (Å²) in [5.74, 6) is -1.58. The maximum absolute atomic E-state index is 10.7. The van der Waals surface area contributed by atoms with Crippen LogP contribution in [0.5, 0.6) is 0 Å². The second-order valence-corrected chi connectivity index (χ2v) is 2.93. The van der Waals surface area contributed by atoms with Gasteiger partial charge in [-0.3, -0.25) is 4.79 Å². The minimum absolute atomic E-state index is 0.162. The van der Waals surface area contributed by atoms with Crippen molar-refractivity contribution in [2.45, 2.75) is 0 Å². The lowest BCUT2D eigenvalue weighted by molar-refractivity contribution is -0.139. The molecule has 12 heavy (non-hydrogen) atoms. The molecule has 0 aliphatic heterocycles. The van der Waals surface area contributed by atoms with Crippen molar-refractivity contribution in [2.24, 2.45) is 17.3 Å². The summed E-state index contributed by atoms with van der Waals surface area (Å²) in [6.45, 7) is 7.07. The maximum Gasteiger partial charge on any atom is 0.308 e. The highest BCUT2D eigenvalue weighted by Crippen LogP contribution is 2.58. The van der Waals surface area contributed by atoms with Gasteiger partial charge in [-0.1, -0.05) is 12.2 Å². The number of hydrogen-bond donors (Lipinski definition) is 2. The molecule has 1 fully saturated rings. The zero-order valence-electron chi connectivity index (χ0n) is 6.66. The Hall–Kier alpha value is -1.38. The van der Waals surface area contributed by atoms with Gasteiger partial charge in [0.25, 0.3) is 0 Å². The Bertz CT molecular complexity index is 249. The van der Waals surface area contributed by atoms with Gasteiger partial charge in [0.1, 0.15) is 0 Å². The van der Waals surface area contributed by atoms with Crippen LogP contribution in [0, 0.1) is 22.7 Å². The Balaban J connectivity index is 2.94. The van der Waals surface area contributed by atoms with Crippen molar-refractivity contribution in [3.63, 3.8) is 0 Å². The Morgan fingerprint density at radius 1 is 1.58 bits per heavy atom. The Labute approximate surface area is 70.9 Å². The third-order valence-electron chi connectivity index (χ3n) is 2.49. The highest BCUT2D eigenvalue weighted by Gasteiger charge is 2.64. The van der Waals surface area contributed by atoms with Gasteiger partial charge in [0, 0.05) is 17.5 Å². The average molecular weight is 165 g/mol. The van der Waals surface area contributed by atoms with Crippen molar-refractivity contribution in [2.75, 3.05) is 0 Å². The van der Waals surface area contributed by atoms with Crippen LogP contribution in [-0.2, 0) is 4.79 Å². The molecular formula is C9H11NO2. The second-order valence-electron chi connectivity index (χ2n) is 2.93. The third kappa shape index (κ3) is 0.826. The van der Waals surface area contributed by atoms with Crippen LogP contribution in [0.15, 0.2) is 25.3 Å². The van der Waals surface area contributed by atoms with Crippen LogP contribution >= 0.6 is 0 Å². The first-order valence-electron chi connectivity index (χ1n) is 3.64. The van der Waals surface area contributed by atoms with Gasteiger partial charge in [-0.05, 0) is 0 Å². The minimum atomic E-state index is -0.886. The van der Waals surface area contributed by atoms with Crippen LogP contribution in [0.25, 0.3) is 0 Å². The van der Waals surface area contributed by atoms with Crippen molar-refractivity contribution < 1.29 is 9.90 Å². The van der Waals surface area contributed by atoms with Crippen LogP contribution < -0.4 is 0 Å². The molecule has 3 atom stereocenters. The summed E-state index contributed by atoms with van der Waals surface area (Å²) in [6, 6.07) is 0. The first-order chi connectivity index (χ1) is 5.64. The van der Waals surface area contributed by atoms with Gasteiger partial charge in [-0.15, -0.1) is 13.2 Å². The van der Waals surface area contributed by atoms with E-state index in [4.69, 9.17) is 10.5 Å². The summed E-state index contributed by atoms with van der Waals surface area (Å²) in [7, 11) is 0. The van der Waals surface area contributed by atoms with Crippen molar-refractivity contribution in [1.29, 1.82) is 5.41 Å². The van der Waals surface area contributed by atoms with Gasteiger partial charge < -0.3 is 10.5 Å². The number of carboxylic acids is 1. The molecule has 0 heterocycles. The first-order valence-corrected chi connectivity index (χ1v) is 3.64. The monoisotopic (exact) mass is 165 g/mol. The molecule has 1 aliphatic rings. The largest absolute Gasteiger partial charge is 0.481 e. The highest BCUT2D eigenvalue weighted by atomic mass is 16.4. The smallest absolute Gasteiger partial charge is 0.308 e. The van der Waals surface area contributed by atoms with E-state index in [1.165, 1.54) is 6.08 Å². The first kappa shape index (κ1) is 8.71. The molecule has 0 spiro atoms. The Morgan fingerprint density at radius 2 is 2.17 bits per heavy atom. The lowest BCUT2D eigenvalue weighted by Crippen LogP contribution is -2.08. The Morgan fingerprint density at radius 3 is 2.25 bits per heavy atom. The summed E-state index contributed by atoms with van der Waals surface area (Å²) >= 11 is 0. The van der Waals surface area contributed by atoms with E-state index in [1.54, 1.807) is 6.08 Å². The molecule has 1 rings (SSSR count). The molecule has 0 radical (unpaired) electrons. The van der Waals surface area contributed by atoms with Crippen LogP contribution in [-0.4, -0.2) is 17.3 Å². The van der Waals surface area contributed by atoms with Gasteiger partial charge in [0.2, 0.25) is 0 Å². The molecule has 0 aromatic rings. The molecule has 1 saturated carbocycles. The van der Waals surface area contributed by atoms with E-state index in [-0.39, 0.29) is 5.92 Å². The molecule has 64 valence electrons. The standard InChI is InChI=1S/C9H11NO2/c1-3-6-7(8(11)12)9(6,4-2)5-10/h3-7,10H,1-2H2,(H,11,12)/t6-,7+,9?/m1/s1. The van der Waals surface area contributed by atoms with Gasteiger partial charge in [0.15, 0.2) is 0 Å². The number of carbonyl (C=O) groups is 1. The predicted octanol–water partition coefficient (Wildman–Crippen LogP) is 1.32. The fourth-order valence-corrected chi connectivity index (χ4v) is 1.67. The molecule has 1 aliphatic carbocycles. The molecule has 0 aromatic carbocycles. The fraction of sp³-hybridized carbons (Fsp3) is 0.333. The van der Waals surface area contributed by atoms with E-state index >= 15 is 0 Å². The molecule has 0 amide bonds. The predicted molar refractivity (Wildman–Crippen MR) is 46.2 cm³/mol. The number of carboxylic acid groups (broad SMARTS) is 1. The van der Waals surface area contributed by atoms with Crippen molar-refractivity contribution in [3.05, 3.63) is 25.3 Å². The summed E-state index contributed by atoms with van der Waals surface area (Å²) in [5.41, 5.74) is -0.673. The SMILES string of the molecule is C=C[C@@H]1[C@@H](C(=O)O)C1(C=C)C=N. The van der Waals surface area contributed by atoms with Crippen LogP contribution in [0.3, 0.4) is 0 Å². The van der Waals surface area contributed by atoms with Gasteiger partial charge in [-0.25, -0.2) is 0 Å². The zero-order valence-corrected chi connectivity index (χ0v) is 6.66. The topological polar surface area (TPSA) is 61.1 Å². The quantitative estimate of drug-likeness (QED) is 0.487. The second kappa shape index (κ2) is 2.59. The van der Waals surface area contributed by atoms with E-state index < -0.39 is 17.3 Å². The number of rotatable bonds is 4. The molecule has 0 aromatic heterocycles. The highest BCUT2D eigenvalue weighted by molar-refractivity contribution is 5.88. The molecule has 1 unspecified atom stereocenters. The molecule has 0 bridgehead atoms. The molecule has 3 heteroatoms. The van der Waals surface area contributed by atoms with E-state index in [0.717, 1.165) is 6.21 Å². The number of allylic oxidation sites excluding steroid dienone is 2. The van der Waals surface area contributed by atoms with E-state index in [9.17, 15) is 4.79 Å². The summed E-state index contributed by atoms with van der Waals surface area (Å²) < 4.78 is 0. The molecule has 3 nitrogen and oxygen atoms in total. The number of nitrogens with one attached hydrogen (secondary N) is 1. The number of aliphatic carboxylic acids is 1. The molecule has 0 saturated heterocycles. The number of hydrogen-bond acceptors (Lipinski definition) is 2. The summed E-state index contributed by atoms with van der Waals surface area (Å²) in [5, 5.41) is 15.9. The van der Waals surface area contributed by atoms with Gasteiger partial charge in [0.05, 0.1) is 5.92 Å². The minimum Gasteiger partial charge on any atom is -0.481 e. The van der Waals surface area contributed by atoms with Gasteiger partial charge in [-0.2, -0.15) is 0 Å². The van der Waals surface area contributed by atoms with E-state index in [2.05, 4.69) is 13.2 Å². The maximum atomic E-state index is 10.7. The third-order valence-corrected chi connectivity index (χ3v) is 2.49. The zero-order chi connectivity index (χ0) is 9.35. The van der Waals surface area contributed by atoms with Crippen molar-refractivity contribution >= 4 is 12.2 Å². The van der Waals surface area contributed by atoms with E-state index in [0.29, 0.717) is 0 Å². The van der Waals surface area contributed by atoms with Crippen LogP contribution in [0.4, 0.5) is 0 Å². The average Bonchev–Trinajstić information content (AvgIpc) is 2.73. The lowest BCUT2D eigenvalue weighted by atomic mass is 10.0. The summed E-state index contributed by atoms with van der Waals surface area (Å²) in [6.07, 6.45) is 4.24. The van der Waals surface area contributed by atoms with Crippen molar-refractivity contribution in [1.82, 2.24) is 0 Å². The van der Waals surface area contributed by atoms with Crippen molar-refractivity contribution in [3.8, 4) is 0 Å². The Kier molecular flexibility index (Phi) is 1.88. The lowest BCUT2D eigenvalue weighted by Gasteiger charge is -1.99.